The van der Waals surface area contributed by atoms with Crippen molar-refractivity contribution >= 4 is 35.3 Å². The quantitative estimate of drug-likeness (QED) is 0.671. The molecule has 0 atom stereocenters. The van der Waals surface area contributed by atoms with Gasteiger partial charge in [-0.1, -0.05) is 44.2 Å². The van der Waals surface area contributed by atoms with Gasteiger partial charge in [-0.3, -0.25) is 9.59 Å². The first-order valence-electron chi connectivity index (χ1n) is 9.41. The highest BCUT2D eigenvalue weighted by Crippen LogP contribution is 2.32. The Balaban J connectivity index is 0.00000102. The van der Waals surface area contributed by atoms with Crippen LogP contribution in [0, 0.1) is 0 Å². The largest absolute Gasteiger partial charge is 0.368 e. The summed E-state index contributed by atoms with van der Waals surface area (Å²) in [6.07, 6.45) is 2.84. The number of carbonyl (C=O) groups excluding carboxylic acids is 2. The molecule has 2 aliphatic rings. The van der Waals surface area contributed by atoms with Gasteiger partial charge in [-0.05, 0) is 29.8 Å². The fourth-order valence-corrected chi connectivity index (χ4v) is 3.32. The number of nitrogens with one attached hydrogen (secondary N) is 1. The van der Waals surface area contributed by atoms with Gasteiger partial charge in [0, 0.05) is 48.7 Å². The van der Waals surface area contributed by atoms with Gasteiger partial charge >= 0.3 is 0 Å². The van der Waals surface area contributed by atoms with Gasteiger partial charge in [-0.25, -0.2) is 0 Å². The molecule has 1 N–H and O–H groups in total. The lowest BCUT2D eigenvalue weighted by atomic mass is 10.0. The maximum Gasteiger partial charge on any atom is 0.256 e. The summed E-state index contributed by atoms with van der Waals surface area (Å²) >= 11 is 0. The van der Waals surface area contributed by atoms with Crippen LogP contribution in [0.4, 0.5) is 11.4 Å². The highest BCUT2D eigenvalue weighted by Gasteiger charge is 2.23. The van der Waals surface area contributed by atoms with Gasteiger partial charge in [0.25, 0.3) is 5.91 Å². The minimum atomic E-state index is -0.0599. The van der Waals surface area contributed by atoms with Crippen LogP contribution < -0.4 is 10.2 Å². The zero-order valence-corrected chi connectivity index (χ0v) is 15.8. The molecule has 4 rings (SSSR count). The summed E-state index contributed by atoms with van der Waals surface area (Å²) in [4.78, 5) is 27.1. The molecule has 0 radical (unpaired) electrons. The molecule has 0 unspecified atom stereocenters. The number of anilines is 2. The lowest BCUT2D eigenvalue weighted by molar-refractivity contribution is -0.118. The standard InChI is InChI=1S/C20H19N3O2.C2H6/c24-14-22-9-11-23(12-10-22)16-7-5-15(6-8-16)13-18-17-3-1-2-4-19(17)21-20(18)25;1-2/h1-8,13-14H,9-12H2,(H,21,25);1-2H3/b18-13-;. The van der Waals surface area contributed by atoms with E-state index in [-0.39, 0.29) is 5.91 Å². The van der Waals surface area contributed by atoms with Crippen molar-refractivity contribution in [1.29, 1.82) is 0 Å². The van der Waals surface area contributed by atoms with Crippen LogP contribution in [0.3, 0.4) is 0 Å². The molecule has 2 aromatic rings. The average Bonchev–Trinajstić information content (AvgIpc) is 3.05. The zero-order chi connectivity index (χ0) is 19.2. The first-order chi connectivity index (χ1) is 13.2. The van der Waals surface area contributed by atoms with Crippen LogP contribution in [0.1, 0.15) is 25.0 Å². The predicted molar refractivity (Wildman–Crippen MR) is 111 cm³/mol. The summed E-state index contributed by atoms with van der Waals surface area (Å²) in [5.74, 6) is -0.0599. The molecule has 0 saturated carbocycles. The Hall–Kier alpha value is -3.08. The van der Waals surface area contributed by atoms with Crippen LogP contribution in [-0.2, 0) is 9.59 Å². The fraction of sp³-hybridized carbons (Fsp3) is 0.273. The molecule has 2 amide bonds. The van der Waals surface area contributed by atoms with E-state index in [1.807, 2.05) is 56.3 Å². The number of rotatable bonds is 3. The number of amides is 2. The van der Waals surface area contributed by atoms with Crippen molar-refractivity contribution in [2.24, 2.45) is 0 Å². The van der Waals surface area contributed by atoms with Gasteiger partial charge in [-0.15, -0.1) is 0 Å². The molecule has 0 aromatic heterocycles. The normalized spacial score (nSPS) is 17.1. The van der Waals surface area contributed by atoms with Gasteiger partial charge in [-0.2, -0.15) is 0 Å². The highest BCUT2D eigenvalue weighted by molar-refractivity contribution is 6.34. The third kappa shape index (κ3) is 4.03. The van der Waals surface area contributed by atoms with Crippen molar-refractivity contribution in [2.75, 3.05) is 36.4 Å². The van der Waals surface area contributed by atoms with E-state index in [1.165, 1.54) is 0 Å². The molecule has 0 bridgehead atoms. The SMILES string of the molecule is CC.O=CN1CCN(c2ccc(/C=C3\C(=O)Nc4ccccc43)cc2)CC1. The Morgan fingerprint density at radius 3 is 2.26 bits per heavy atom. The summed E-state index contributed by atoms with van der Waals surface area (Å²) < 4.78 is 0. The molecule has 2 heterocycles. The number of para-hydroxylation sites is 1. The van der Waals surface area contributed by atoms with E-state index in [0.29, 0.717) is 5.57 Å². The average molecular weight is 363 g/mol. The maximum atomic E-state index is 12.2. The van der Waals surface area contributed by atoms with Crippen molar-refractivity contribution in [1.82, 2.24) is 4.90 Å². The van der Waals surface area contributed by atoms with E-state index in [2.05, 4.69) is 22.3 Å². The van der Waals surface area contributed by atoms with Crippen LogP contribution in [0.15, 0.2) is 48.5 Å². The van der Waals surface area contributed by atoms with E-state index < -0.39 is 0 Å². The van der Waals surface area contributed by atoms with Crippen LogP contribution in [0.5, 0.6) is 0 Å². The number of benzene rings is 2. The fourth-order valence-electron chi connectivity index (χ4n) is 3.32. The minimum absolute atomic E-state index is 0.0599. The monoisotopic (exact) mass is 363 g/mol. The summed E-state index contributed by atoms with van der Waals surface area (Å²) in [7, 11) is 0. The molecule has 0 spiro atoms. The molecule has 2 aromatic carbocycles. The third-order valence-electron chi connectivity index (χ3n) is 4.74. The Bertz CT molecular complexity index is 835. The predicted octanol–water partition coefficient (Wildman–Crippen LogP) is 3.48. The Morgan fingerprint density at radius 1 is 0.926 bits per heavy atom. The molecule has 0 aliphatic carbocycles. The molecular weight excluding hydrogens is 338 g/mol. The lowest BCUT2D eigenvalue weighted by Gasteiger charge is -2.34. The summed E-state index contributed by atoms with van der Waals surface area (Å²) in [5.41, 5.74) is 4.65. The van der Waals surface area contributed by atoms with E-state index in [4.69, 9.17) is 0 Å². The van der Waals surface area contributed by atoms with E-state index >= 15 is 0 Å². The summed E-state index contributed by atoms with van der Waals surface area (Å²) in [6.45, 7) is 7.20. The smallest absolute Gasteiger partial charge is 0.256 e. The second-order valence-corrected chi connectivity index (χ2v) is 6.28. The highest BCUT2D eigenvalue weighted by atomic mass is 16.2. The summed E-state index contributed by atoms with van der Waals surface area (Å²) in [6, 6.07) is 15.9. The number of hydrogen-bond acceptors (Lipinski definition) is 3. The Labute approximate surface area is 160 Å². The molecule has 1 saturated heterocycles. The van der Waals surface area contributed by atoms with E-state index in [0.717, 1.165) is 55.1 Å². The van der Waals surface area contributed by atoms with Gasteiger partial charge in [0.05, 0.1) is 0 Å². The first kappa shape index (κ1) is 18.7. The number of piperazine rings is 1. The van der Waals surface area contributed by atoms with Crippen molar-refractivity contribution in [3.63, 3.8) is 0 Å². The minimum Gasteiger partial charge on any atom is -0.368 e. The molecule has 1 fully saturated rings. The van der Waals surface area contributed by atoms with Crippen molar-refractivity contribution in [3.8, 4) is 0 Å². The second-order valence-electron chi connectivity index (χ2n) is 6.28. The second kappa shape index (κ2) is 8.54. The Morgan fingerprint density at radius 2 is 1.59 bits per heavy atom. The van der Waals surface area contributed by atoms with Gasteiger partial charge in [0.2, 0.25) is 6.41 Å². The Kier molecular flexibility index (Phi) is 5.91. The van der Waals surface area contributed by atoms with Gasteiger partial charge in [0.1, 0.15) is 0 Å². The third-order valence-corrected chi connectivity index (χ3v) is 4.74. The van der Waals surface area contributed by atoms with E-state index in [1.54, 1.807) is 4.90 Å². The van der Waals surface area contributed by atoms with Gasteiger partial charge in [0.15, 0.2) is 0 Å². The molecule has 5 heteroatoms. The van der Waals surface area contributed by atoms with E-state index in [9.17, 15) is 9.59 Å². The van der Waals surface area contributed by atoms with Gasteiger partial charge < -0.3 is 15.1 Å². The van der Waals surface area contributed by atoms with Crippen LogP contribution in [0.2, 0.25) is 0 Å². The zero-order valence-electron chi connectivity index (χ0n) is 15.8. The number of hydrogen-bond donors (Lipinski definition) is 1. The maximum absolute atomic E-state index is 12.2. The van der Waals surface area contributed by atoms with Crippen molar-refractivity contribution < 1.29 is 9.59 Å². The molecular formula is C22H25N3O2. The lowest BCUT2D eigenvalue weighted by Crippen LogP contribution is -2.45. The number of fused-ring (bicyclic) bond motifs is 1. The van der Waals surface area contributed by atoms with Crippen molar-refractivity contribution in [2.45, 2.75) is 13.8 Å². The van der Waals surface area contributed by atoms with Crippen LogP contribution in [-0.4, -0.2) is 43.4 Å². The number of carbonyl (C=O) groups is 2. The van der Waals surface area contributed by atoms with Crippen molar-refractivity contribution in [3.05, 3.63) is 59.7 Å². The van der Waals surface area contributed by atoms with Crippen LogP contribution in [0.25, 0.3) is 11.6 Å². The summed E-state index contributed by atoms with van der Waals surface area (Å²) in [5, 5.41) is 2.89. The molecule has 2 aliphatic heterocycles. The topological polar surface area (TPSA) is 52.7 Å². The van der Waals surface area contributed by atoms with Crippen LogP contribution >= 0.6 is 0 Å². The molecule has 5 nitrogen and oxygen atoms in total. The number of nitrogens with zero attached hydrogens (tertiary/aromatic N) is 2. The molecule has 140 valence electrons. The first-order valence-corrected chi connectivity index (χ1v) is 9.41. The molecule has 27 heavy (non-hydrogen) atoms.